The van der Waals surface area contributed by atoms with Crippen LogP contribution in [0.25, 0.3) is 0 Å². The summed E-state index contributed by atoms with van der Waals surface area (Å²) in [6.45, 7) is 8.89. The summed E-state index contributed by atoms with van der Waals surface area (Å²) in [5.41, 5.74) is 4.14. The molecule has 1 fully saturated rings. The van der Waals surface area contributed by atoms with Crippen LogP contribution >= 0.6 is 0 Å². The molecule has 0 atom stereocenters. The second-order valence-corrected chi connectivity index (χ2v) is 10.1. The maximum absolute atomic E-state index is 12.9. The lowest BCUT2D eigenvalue weighted by Gasteiger charge is -2.30. The van der Waals surface area contributed by atoms with Gasteiger partial charge in [-0.3, -0.25) is 4.79 Å². The van der Waals surface area contributed by atoms with Gasteiger partial charge in [0.25, 0.3) is 0 Å². The highest BCUT2D eigenvalue weighted by Crippen LogP contribution is 2.27. The van der Waals surface area contributed by atoms with E-state index in [-0.39, 0.29) is 11.8 Å². The van der Waals surface area contributed by atoms with Gasteiger partial charge in [0.15, 0.2) is 0 Å². The molecule has 2 aromatic rings. The summed E-state index contributed by atoms with van der Waals surface area (Å²) in [7, 11) is -3.52. The Morgan fingerprint density at radius 1 is 1.03 bits per heavy atom. The molecule has 5 nitrogen and oxygen atoms in total. The molecule has 1 aliphatic heterocycles. The van der Waals surface area contributed by atoms with Crippen molar-refractivity contribution in [2.45, 2.75) is 51.3 Å². The summed E-state index contributed by atoms with van der Waals surface area (Å²) in [6, 6.07) is 13.0. The number of hydrogen-bond acceptors (Lipinski definition) is 3. The molecular formula is C23H30N2O3S. The van der Waals surface area contributed by atoms with E-state index in [1.807, 2.05) is 44.2 Å². The van der Waals surface area contributed by atoms with Crippen LogP contribution in [0.5, 0.6) is 0 Å². The summed E-state index contributed by atoms with van der Waals surface area (Å²) in [6.07, 6.45) is 1.06. The highest BCUT2D eigenvalue weighted by Gasteiger charge is 2.32. The molecule has 0 aliphatic carbocycles. The Morgan fingerprint density at radius 2 is 1.66 bits per heavy atom. The van der Waals surface area contributed by atoms with Crippen molar-refractivity contribution in [3.63, 3.8) is 0 Å². The highest BCUT2D eigenvalue weighted by molar-refractivity contribution is 7.89. The SMILES string of the molecule is Cc1cccc(NC(=O)C2CCN(S(=O)(=O)c3ccc(C(C)C)cc3)CC2)c1C. The molecule has 156 valence electrons. The van der Waals surface area contributed by atoms with Gasteiger partial charge in [-0.1, -0.05) is 38.1 Å². The molecule has 0 bridgehead atoms. The Hall–Kier alpha value is -2.18. The number of piperidine rings is 1. The van der Waals surface area contributed by atoms with Gasteiger partial charge in [0.2, 0.25) is 15.9 Å². The number of hydrogen-bond donors (Lipinski definition) is 1. The maximum Gasteiger partial charge on any atom is 0.243 e. The van der Waals surface area contributed by atoms with Gasteiger partial charge in [-0.15, -0.1) is 0 Å². The van der Waals surface area contributed by atoms with Gasteiger partial charge < -0.3 is 5.32 Å². The lowest BCUT2D eigenvalue weighted by Crippen LogP contribution is -2.41. The topological polar surface area (TPSA) is 66.5 Å². The lowest BCUT2D eigenvalue weighted by atomic mass is 9.97. The van der Waals surface area contributed by atoms with E-state index in [0.29, 0.717) is 36.7 Å². The van der Waals surface area contributed by atoms with Crippen LogP contribution in [0.3, 0.4) is 0 Å². The van der Waals surface area contributed by atoms with E-state index in [1.54, 1.807) is 12.1 Å². The first-order valence-corrected chi connectivity index (χ1v) is 11.6. The third-order valence-electron chi connectivity index (χ3n) is 5.87. The molecule has 0 radical (unpaired) electrons. The zero-order chi connectivity index (χ0) is 21.2. The van der Waals surface area contributed by atoms with Crippen molar-refractivity contribution in [1.29, 1.82) is 0 Å². The van der Waals surface area contributed by atoms with Gasteiger partial charge in [0.05, 0.1) is 4.90 Å². The van der Waals surface area contributed by atoms with Gasteiger partial charge in [0, 0.05) is 24.7 Å². The molecular weight excluding hydrogens is 384 g/mol. The third-order valence-corrected chi connectivity index (χ3v) is 7.78. The van der Waals surface area contributed by atoms with Gasteiger partial charge in [0.1, 0.15) is 0 Å². The largest absolute Gasteiger partial charge is 0.326 e. The van der Waals surface area contributed by atoms with Crippen LogP contribution in [0.2, 0.25) is 0 Å². The van der Waals surface area contributed by atoms with E-state index in [0.717, 1.165) is 22.4 Å². The van der Waals surface area contributed by atoms with E-state index in [9.17, 15) is 13.2 Å². The predicted octanol–water partition coefficient (Wildman–Crippen LogP) is 4.47. The summed E-state index contributed by atoms with van der Waals surface area (Å²) in [5.74, 6) is 0.153. The smallest absolute Gasteiger partial charge is 0.243 e. The molecule has 0 saturated carbocycles. The van der Waals surface area contributed by atoms with Crippen LogP contribution < -0.4 is 5.32 Å². The number of anilines is 1. The molecule has 1 heterocycles. The number of nitrogens with one attached hydrogen (secondary N) is 1. The van der Waals surface area contributed by atoms with E-state index < -0.39 is 10.0 Å². The van der Waals surface area contributed by atoms with Crippen LogP contribution in [0.4, 0.5) is 5.69 Å². The van der Waals surface area contributed by atoms with E-state index in [2.05, 4.69) is 19.2 Å². The van der Waals surface area contributed by atoms with Crippen molar-refractivity contribution in [1.82, 2.24) is 4.31 Å². The number of carbonyl (C=O) groups excluding carboxylic acids is 1. The normalized spacial score (nSPS) is 16.2. The third kappa shape index (κ3) is 4.70. The van der Waals surface area contributed by atoms with Gasteiger partial charge in [-0.05, 0) is 67.5 Å². The number of amides is 1. The van der Waals surface area contributed by atoms with Gasteiger partial charge in [-0.2, -0.15) is 4.31 Å². The molecule has 1 N–H and O–H groups in total. The monoisotopic (exact) mass is 414 g/mol. The van der Waals surface area contributed by atoms with Crippen LogP contribution in [0.15, 0.2) is 47.4 Å². The molecule has 0 spiro atoms. The highest BCUT2D eigenvalue weighted by atomic mass is 32.2. The first kappa shape index (κ1) is 21.5. The molecule has 6 heteroatoms. The van der Waals surface area contributed by atoms with Crippen molar-refractivity contribution in [3.8, 4) is 0 Å². The Kier molecular flexibility index (Phi) is 6.44. The number of sulfonamides is 1. The molecule has 0 unspecified atom stereocenters. The Bertz CT molecular complexity index is 974. The minimum atomic E-state index is -3.52. The molecule has 29 heavy (non-hydrogen) atoms. The fourth-order valence-electron chi connectivity index (χ4n) is 3.65. The summed E-state index contributed by atoms with van der Waals surface area (Å²) >= 11 is 0. The Morgan fingerprint density at radius 3 is 2.24 bits per heavy atom. The zero-order valence-electron chi connectivity index (χ0n) is 17.6. The standard InChI is InChI=1S/C23H30N2O3S/c1-16(2)19-8-10-21(11-9-19)29(27,28)25-14-12-20(13-15-25)23(26)24-22-7-5-6-17(3)18(22)4/h5-11,16,20H,12-15H2,1-4H3,(H,24,26). The number of nitrogens with zero attached hydrogens (tertiary/aromatic N) is 1. The number of rotatable bonds is 5. The van der Waals surface area contributed by atoms with Crippen LogP contribution in [0.1, 0.15) is 49.3 Å². The minimum Gasteiger partial charge on any atom is -0.326 e. The first-order chi connectivity index (χ1) is 13.7. The molecule has 0 aromatic heterocycles. The average molecular weight is 415 g/mol. The number of benzene rings is 2. The van der Waals surface area contributed by atoms with Crippen molar-refractivity contribution < 1.29 is 13.2 Å². The molecule has 3 rings (SSSR count). The van der Waals surface area contributed by atoms with Crippen molar-refractivity contribution >= 4 is 21.6 Å². The number of carbonyl (C=O) groups is 1. The molecule has 1 aliphatic rings. The molecule has 2 aromatic carbocycles. The van der Waals surface area contributed by atoms with E-state index in [1.165, 1.54) is 4.31 Å². The van der Waals surface area contributed by atoms with E-state index in [4.69, 9.17) is 0 Å². The van der Waals surface area contributed by atoms with Crippen LogP contribution in [-0.4, -0.2) is 31.7 Å². The quantitative estimate of drug-likeness (QED) is 0.785. The van der Waals surface area contributed by atoms with E-state index >= 15 is 0 Å². The minimum absolute atomic E-state index is 0.0305. The maximum atomic E-state index is 12.9. The molecule has 1 amide bonds. The summed E-state index contributed by atoms with van der Waals surface area (Å²) in [5, 5.41) is 3.02. The van der Waals surface area contributed by atoms with Crippen molar-refractivity contribution in [2.75, 3.05) is 18.4 Å². The van der Waals surface area contributed by atoms with Crippen molar-refractivity contribution in [3.05, 3.63) is 59.2 Å². The zero-order valence-corrected chi connectivity index (χ0v) is 18.4. The summed E-state index contributed by atoms with van der Waals surface area (Å²) < 4.78 is 27.4. The predicted molar refractivity (Wildman–Crippen MR) is 117 cm³/mol. The molecule has 1 saturated heterocycles. The van der Waals surface area contributed by atoms with Gasteiger partial charge in [-0.25, -0.2) is 8.42 Å². The second kappa shape index (κ2) is 8.67. The van der Waals surface area contributed by atoms with Crippen molar-refractivity contribution in [2.24, 2.45) is 5.92 Å². The van der Waals surface area contributed by atoms with Crippen LogP contribution in [0, 0.1) is 19.8 Å². The van der Waals surface area contributed by atoms with Crippen LogP contribution in [-0.2, 0) is 14.8 Å². The Labute approximate surface area is 174 Å². The Balaban J connectivity index is 1.63. The lowest BCUT2D eigenvalue weighted by molar-refractivity contribution is -0.120. The fraction of sp³-hybridized carbons (Fsp3) is 0.435. The average Bonchev–Trinajstić information content (AvgIpc) is 2.71. The second-order valence-electron chi connectivity index (χ2n) is 8.14. The van der Waals surface area contributed by atoms with Gasteiger partial charge >= 0.3 is 0 Å². The number of aryl methyl sites for hydroxylation is 1. The first-order valence-electron chi connectivity index (χ1n) is 10.2. The fourth-order valence-corrected chi connectivity index (χ4v) is 5.12. The summed E-state index contributed by atoms with van der Waals surface area (Å²) in [4.78, 5) is 13.0.